The van der Waals surface area contributed by atoms with Crippen LogP contribution in [0.2, 0.25) is 0 Å². The Labute approximate surface area is 166 Å². The predicted octanol–water partition coefficient (Wildman–Crippen LogP) is 5.15. The molecular weight excluding hydrogens is 374 g/mol. The largest absolute Gasteiger partial charge is 0.283 e. The molecule has 0 saturated carbocycles. The highest BCUT2D eigenvalue weighted by Gasteiger charge is 2.21. The van der Waals surface area contributed by atoms with Gasteiger partial charge in [0.15, 0.2) is 5.13 Å². The summed E-state index contributed by atoms with van der Waals surface area (Å²) >= 11 is 3.18. The van der Waals surface area contributed by atoms with E-state index in [-0.39, 0.29) is 5.91 Å². The smallest absolute Gasteiger partial charge is 0.234 e. The van der Waals surface area contributed by atoms with Gasteiger partial charge in [-0.15, -0.1) is 11.3 Å². The number of hydrogen-bond acceptors (Lipinski definition) is 5. The van der Waals surface area contributed by atoms with E-state index in [1.165, 1.54) is 11.1 Å². The fraction of sp³-hybridized carbons (Fsp3) is 0.190. The predicted molar refractivity (Wildman–Crippen MR) is 113 cm³/mol. The molecule has 0 aliphatic carbocycles. The van der Waals surface area contributed by atoms with Crippen molar-refractivity contribution in [2.24, 2.45) is 0 Å². The molecule has 0 aliphatic heterocycles. The van der Waals surface area contributed by atoms with E-state index in [1.807, 2.05) is 29.6 Å². The van der Waals surface area contributed by atoms with Crippen LogP contribution in [-0.4, -0.2) is 15.9 Å². The first-order valence-corrected chi connectivity index (χ1v) is 10.4. The summed E-state index contributed by atoms with van der Waals surface area (Å²) in [4.78, 5) is 24.9. The third-order valence-corrected chi connectivity index (χ3v) is 6.42. The molecule has 6 heteroatoms. The number of benzene rings is 1. The van der Waals surface area contributed by atoms with E-state index in [4.69, 9.17) is 4.98 Å². The van der Waals surface area contributed by atoms with Gasteiger partial charge in [-0.3, -0.25) is 14.7 Å². The second kappa shape index (κ2) is 7.58. The van der Waals surface area contributed by atoms with Crippen LogP contribution in [0, 0.1) is 13.8 Å². The Morgan fingerprint density at radius 3 is 2.81 bits per heavy atom. The maximum absolute atomic E-state index is 13.1. The van der Waals surface area contributed by atoms with Crippen molar-refractivity contribution in [3.63, 3.8) is 0 Å². The van der Waals surface area contributed by atoms with Crippen molar-refractivity contribution < 1.29 is 4.79 Å². The van der Waals surface area contributed by atoms with Crippen molar-refractivity contribution in [3.8, 4) is 0 Å². The summed E-state index contributed by atoms with van der Waals surface area (Å²) in [5.41, 5.74) is 4.32. The quantitative estimate of drug-likeness (QED) is 0.471. The van der Waals surface area contributed by atoms with E-state index in [2.05, 4.69) is 31.0 Å². The fourth-order valence-electron chi connectivity index (χ4n) is 3.07. The number of hydrogen-bond donors (Lipinski definition) is 0. The van der Waals surface area contributed by atoms with Gasteiger partial charge in [0.1, 0.15) is 0 Å². The minimum Gasteiger partial charge on any atom is -0.283 e. The molecule has 0 unspecified atom stereocenters. The number of carbonyl (C=O) groups excluding carboxylic acids is 1. The Hall–Kier alpha value is -2.57. The normalized spacial score (nSPS) is 11.0. The fourth-order valence-corrected chi connectivity index (χ4v) is 4.80. The zero-order chi connectivity index (χ0) is 18.8. The molecule has 3 heterocycles. The van der Waals surface area contributed by atoms with Crippen LogP contribution < -0.4 is 4.90 Å². The Kier molecular flexibility index (Phi) is 5.01. The van der Waals surface area contributed by atoms with Crippen LogP contribution in [0.25, 0.3) is 10.2 Å². The highest BCUT2D eigenvalue weighted by molar-refractivity contribution is 7.22. The Morgan fingerprint density at radius 1 is 1.19 bits per heavy atom. The van der Waals surface area contributed by atoms with E-state index >= 15 is 0 Å². The van der Waals surface area contributed by atoms with Crippen LogP contribution >= 0.6 is 22.7 Å². The molecule has 0 bridgehead atoms. The number of rotatable bonds is 5. The van der Waals surface area contributed by atoms with Gasteiger partial charge < -0.3 is 0 Å². The van der Waals surface area contributed by atoms with Gasteiger partial charge in [0, 0.05) is 17.3 Å². The molecule has 27 heavy (non-hydrogen) atoms. The molecule has 0 atom stereocenters. The SMILES string of the molecule is Cc1cc(C)c2sc(N(Cc3cccnc3)C(=O)Cc3cccs3)nc2c1. The number of aromatic nitrogens is 2. The maximum atomic E-state index is 13.1. The summed E-state index contributed by atoms with van der Waals surface area (Å²) in [7, 11) is 0. The van der Waals surface area contributed by atoms with Gasteiger partial charge in [-0.1, -0.05) is 29.5 Å². The molecular formula is C21H19N3OS2. The van der Waals surface area contributed by atoms with Crippen molar-refractivity contribution in [1.82, 2.24) is 9.97 Å². The van der Waals surface area contributed by atoms with Gasteiger partial charge in [0.25, 0.3) is 0 Å². The van der Waals surface area contributed by atoms with Gasteiger partial charge in [0.05, 0.1) is 23.2 Å². The first-order valence-electron chi connectivity index (χ1n) is 8.69. The van der Waals surface area contributed by atoms with Crippen molar-refractivity contribution in [1.29, 1.82) is 0 Å². The lowest BCUT2D eigenvalue weighted by molar-refractivity contribution is -0.118. The van der Waals surface area contributed by atoms with Crippen LogP contribution in [0.15, 0.2) is 54.2 Å². The monoisotopic (exact) mass is 393 g/mol. The summed E-state index contributed by atoms with van der Waals surface area (Å²) in [5.74, 6) is 0.0507. The van der Waals surface area contributed by atoms with Crippen LogP contribution in [0.4, 0.5) is 5.13 Å². The molecule has 0 spiro atoms. The zero-order valence-electron chi connectivity index (χ0n) is 15.2. The van der Waals surface area contributed by atoms with E-state index in [0.29, 0.717) is 13.0 Å². The average Bonchev–Trinajstić information content (AvgIpc) is 3.30. The molecule has 4 nitrogen and oxygen atoms in total. The third-order valence-electron chi connectivity index (χ3n) is 4.31. The topological polar surface area (TPSA) is 46.1 Å². The number of amides is 1. The number of carbonyl (C=O) groups is 1. The number of thiophene rings is 1. The summed E-state index contributed by atoms with van der Waals surface area (Å²) in [5, 5.41) is 2.74. The van der Waals surface area contributed by atoms with Crippen molar-refractivity contribution in [3.05, 3.63) is 75.7 Å². The van der Waals surface area contributed by atoms with Crippen molar-refractivity contribution >= 4 is 43.9 Å². The van der Waals surface area contributed by atoms with Gasteiger partial charge in [-0.25, -0.2) is 4.98 Å². The number of fused-ring (bicyclic) bond motifs is 1. The maximum Gasteiger partial charge on any atom is 0.234 e. The lowest BCUT2D eigenvalue weighted by Gasteiger charge is -2.19. The molecule has 0 saturated heterocycles. The first-order chi connectivity index (χ1) is 13.1. The highest BCUT2D eigenvalue weighted by atomic mass is 32.1. The van der Waals surface area contributed by atoms with Crippen LogP contribution in [0.1, 0.15) is 21.6 Å². The summed E-state index contributed by atoms with van der Waals surface area (Å²) < 4.78 is 1.13. The third kappa shape index (κ3) is 3.91. The number of thiazole rings is 1. The minimum absolute atomic E-state index is 0.0507. The van der Waals surface area contributed by atoms with Gasteiger partial charge in [-0.2, -0.15) is 0 Å². The molecule has 4 aromatic rings. The molecule has 0 aliphatic rings. The van der Waals surface area contributed by atoms with Crippen molar-refractivity contribution in [2.75, 3.05) is 4.90 Å². The molecule has 136 valence electrons. The van der Waals surface area contributed by atoms with Gasteiger partial charge >= 0.3 is 0 Å². The Morgan fingerprint density at radius 2 is 2.07 bits per heavy atom. The summed E-state index contributed by atoms with van der Waals surface area (Å²) in [6, 6.07) is 12.1. The highest BCUT2D eigenvalue weighted by Crippen LogP contribution is 2.33. The minimum atomic E-state index is 0.0507. The molecule has 4 rings (SSSR count). The van der Waals surface area contributed by atoms with Crippen LogP contribution in [-0.2, 0) is 17.8 Å². The van der Waals surface area contributed by atoms with Crippen LogP contribution in [0.5, 0.6) is 0 Å². The van der Waals surface area contributed by atoms with E-state index in [9.17, 15) is 4.79 Å². The average molecular weight is 394 g/mol. The van der Waals surface area contributed by atoms with Crippen molar-refractivity contribution in [2.45, 2.75) is 26.8 Å². The second-order valence-corrected chi connectivity index (χ2v) is 8.53. The van der Waals surface area contributed by atoms with E-state index in [1.54, 1.807) is 40.0 Å². The lowest BCUT2D eigenvalue weighted by atomic mass is 10.1. The Bertz CT molecular complexity index is 1070. The molecule has 1 amide bonds. The zero-order valence-corrected chi connectivity index (χ0v) is 16.8. The van der Waals surface area contributed by atoms with E-state index in [0.717, 1.165) is 25.8 Å². The summed E-state index contributed by atoms with van der Waals surface area (Å²) in [6.07, 6.45) is 3.92. The number of nitrogens with zero attached hydrogens (tertiary/aromatic N) is 3. The molecule has 0 radical (unpaired) electrons. The molecule has 1 aromatic carbocycles. The van der Waals surface area contributed by atoms with Crippen LogP contribution in [0.3, 0.4) is 0 Å². The van der Waals surface area contributed by atoms with Gasteiger partial charge in [0.2, 0.25) is 5.91 Å². The van der Waals surface area contributed by atoms with E-state index < -0.39 is 0 Å². The van der Waals surface area contributed by atoms with Gasteiger partial charge in [-0.05, 0) is 54.1 Å². The molecule has 3 aromatic heterocycles. The number of pyridine rings is 1. The molecule has 0 N–H and O–H groups in total. The summed E-state index contributed by atoms with van der Waals surface area (Å²) in [6.45, 7) is 4.63. The standard InChI is InChI=1S/C21H19N3OS2/c1-14-9-15(2)20-18(10-14)23-21(27-20)24(13-16-5-3-7-22-12-16)19(25)11-17-6-4-8-26-17/h3-10,12H,11,13H2,1-2H3. The lowest BCUT2D eigenvalue weighted by Crippen LogP contribution is -2.31. The number of anilines is 1. The Balaban J connectivity index is 1.72. The first kappa shape index (κ1) is 17.8. The number of aryl methyl sites for hydroxylation is 2. The second-order valence-electron chi connectivity index (χ2n) is 6.52. The molecule has 0 fully saturated rings.